The zero-order valence-corrected chi connectivity index (χ0v) is 21.6. The van der Waals surface area contributed by atoms with Gasteiger partial charge >= 0.3 is 0 Å². The number of rotatable bonds is 3. The second-order valence-corrected chi connectivity index (χ2v) is 11.3. The number of methoxy groups -OCH3 is 1. The molecule has 3 amide bonds. The number of aromatic amines is 1. The maximum atomic E-state index is 14.4. The summed E-state index contributed by atoms with van der Waals surface area (Å²) in [5.74, 6) is 0.322. The molecule has 1 aromatic heterocycles. The van der Waals surface area contributed by atoms with Gasteiger partial charge in [-0.15, -0.1) is 0 Å². The molecule has 3 aliphatic heterocycles. The maximum absolute atomic E-state index is 14.4. The molecule has 9 nitrogen and oxygen atoms in total. The molecule has 3 aromatic rings. The predicted octanol–water partition coefficient (Wildman–Crippen LogP) is 3.43. The van der Waals surface area contributed by atoms with Gasteiger partial charge in [-0.25, -0.2) is 0 Å². The van der Waals surface area contributed by atoms with Crippen LogP contribution < -0.4 is 10.1 Å². The van der Waals surface area contributed by atoms with Crippen LogP contribution in [0.25, 0.3) is 10.9 Å². The van der Waals surface area contributed by atoms with E-state index in [0.717, 1.165) is 41.4 Å². The summed E-state index contributed by atoms with van der Waals surface area (Å²) >= 11 is 0. The van der Waals surface area contributed by atoms with Gasteiger partial charge < -0.3 is 24.8 Å². The van der Waals surface area contributed by atoms with Crippen molar-refractivity contribution in [1.29, 1.82) is 5.26 Å². The van der Waals surface area contributed by atoms with Crippen molar-refractivity contribution >= 4 is 34.3 Å². The number of aromatic nitrogens is 1. The molecule has 4 heterocycles. The van der Waals surface area contributed by atoms with E-state index in [0.29, 0.717) is 18.0 Å². The summed E-state index contributed by atoms with van der Waals surface area (Å²) in [6.45, 7) is 0.637. The largest absolute Gasteiger partial charge is 0.496 e. The van der Waals surface area contributed by atoms with Gasteiger partial charge in [0, 0.05) is 36.1 Å². The quantitative estimate of drug-likeness (QED) is 0.545. The zero-order valence-electron chi connectivity index (χ0n) is 21.6. The Morgan fingerprint density at radius 2 is 1.97 bits per heavy atom. The smallest absolute Gasteiger partial charge is 0.271 e. The second kappa shape index (κ2) is 8.60. The highest BCUT2D eigenvalue weighted by molar-refractivity contribution is 6.08. The summed E-state index contributed by atoms with van der Waals surface area (Å²) in [6, 6.07) is 15.8. The van der Waals surface area contributed by atoms with Gasteiger partial charge in [0.2, 0.25) is 11.8 Å². The number of carbonyl (C=O) groups excluding carboxylic acids is 3. The molecule has 3 fully saturated rings. The predicted molar refractivity (Wildman–Crippen MR) is 143 cm³/mol. The molecular weight excluding hydrogens is 494 g/mol. The van der Waals surface area contributed by atoms with Crippen molar-refractivity contribution in [2.24, 2.45) is 11.8 Å². The van der Waals surface area contributed by atoms with Gasteiger partial charge in [0.1, 0.15) is 23.5 Å². The van der Waals surface area contributed by atoms with Gasteiger partial charge in [0.05, 0.1) is 18.6 Å². The van der Waals surface area contributed by atoms with E-state index in [9.17, 15) is 19.6 Å². The third-order valence-electron chi connectivity index (χ3n) is 9.39. The Bertz CT molecular complexity index is 1570. The highest BCUT2D eigenvalue weighted by atomic mass is 16.5. The van der Waals surface area contributed by atoms with Crippen LogP contribution in [0.5, 0.6) is 5.75 Å². The lowest BCUT2D eigenvalue weighted by atomic mass is 9.80. The second-order valence-electron chi connectivity index (χ2n) is 11.3. The van der Waals surface area contributed by atoms with E-state index in [4.69, 9.17) is 4.74 Å². The third-order valence-corrected chi connectivity index (χ3v) is 9.39. The van der Waals surface area contributed by atoms with E-state index < -0.39 is 17.5 Å². The molecule has 1 spiro atoms. The van der Waals surface area contributed by atoms with Crippen LogP contribution in [-0.4, -0.2) is 64.8 Å². The molecule has 0 radical (unpaired) electrons. The third kappa shape index (κ3) is 3.33. The molecule has 1 aliphatic carbocycles. The number of nitrogens with one attached hydrogen (secondary N) is 2. The van der Waals surface area contributed by atoms with E-state index in [2.05, 4.69) is 16.4 Å². The number of para-hydroxylation sites is 1. The molecule has 4 aliphatic rings. The van der Waals surface area contributed by atoms with Crippen molar-refractivity contribution in [3.63, 3.8) is 0 Å². The van der Waals surface area contributed by atoms with Gasteiger partial charge in [-0.2, -0.15) is 5.26 Å². The van der Waals surface area contributed by atoms with E-state index >= 15 is 0 Å². The van der Waals surface area contributed by atoms with E-state index in [1.54, 1.807) is 23.0 Å². The number of ether oxygens (including phenoxy) is 1. The van der Waals surface area contributed by atoms with Crippen LogP contribution in [0.1, 0.15) is 41.7 Å². The van der Waals surface area contributed by atoms with Crippen LogP contribution in [0, 0.1) is 23.2 Å². The summed E-state index contributed by atoms with van der Waals surface area (Å²) in [6.07, 6.45) is 3.10. The number of H-pyrrole nitrogens is 1. The van der Waals surface area contributed by atoms with Gasteiger partial charge in [0.15, 0.2) is 0 Å². The van der Waals surface area contributed by atoms with Crippen LogP contribution in [0.4, 0.5) is 5.69 Å². The Morgan fingerprint density at radius 3 is 2.79 bits per heavy atom. The number of carbonyl (C=O) groups is 3. The Labute approximate surface area is 225 Å². The minimum Gasteiger partial charge on any atom is -0.496 e. The van der Waals surface area contributed by atoms with Crippen molar-refractivity contribution in [2.75, 3.05) is 25.5 Å². The molecule has 2 N–H and O–H groups in total. The monoisotopic (exact) mass is 523 g/mol. The molecule has 39 heavy (non-hydrogen) atoms. The van der Waals surface area contributed by atoms with Crippen LogP contribution in [0.2, 0.25) is 0 Å². The van der Waals surface area contributed by atoms with E-state index in [-0.39, 0.29) is 42.5 Å². The number of nitriles is 1. The number of anilines is 1. The highest BCUT2D eigenvalue weighted by Gasteiger charge is 2.59. The number of amides is 3. The minimum absolute atomic E-state index is 0.0425. The topological polar surface area (TPSA) is 119 Å². The Morgan fingerprint density at radius 1 is 1.13 bits per heavy atom. The average molecular weight is 524 g/mol. The number of likely N-dealkylation sites (tertiary alicyclic amines) is 2. The number of fused-ring (bicyclic) bond motifs is 4. The van der Waals surface area contributed by atoms with Crippen LogP contribution in [-0.2, 0) is 15.0 Å². The van der Waals surface area contributed by atoms with E-state index in [1.165, 1.54) is 0 Å². The minimum atomic E-state index is -0.955. The van der Waals surface area contributed by atoms with E-state index in [1.807, 2.05) is 42.5 Å². The molecule has 9 heteroatoms. The molecule has 7 rings (SSSR count). The van der Waals surface area contributed by atoms with Gasteiger partial charge in [-0.1, -0.05) is 30.7 Å². The molecular formula is C30H29N5O4. The first-order valence-electron chi connectivity index (χ1n) is 13.5. The van der Waals surface area contributed by atoms with Crippen molar-refractivity contribution in [3.05, 3.63) is 59.8 Å². The van der Waals surface area contributed by atoms with Crippen LogP contribution in [0.3, 0.4) is 0 Å². The Hall–Kier alpha value is -4.32. The van der Waals surface area contributed by atoms with Gasteiger partial charge in [0.25, 0.3) is 5.91 Å². The summed E-state index contributed by atoms with van der Waals surface area (Å²) in [5, 5.41) is 13.9. The number of benzene rings is 2. The molecule has 2 aromatic carbocycles. The highest BCUT2D eigenvalue weighted by Crippen LogP contribution is 2.48. The van der Waals surface area contributed by atoms with Gasteiger partial charge in [-0.05, 0) is 54.5 Å². The Balaban J connectivity index is 1.23. The first kappa shape index (κ1) is 23.8. The SMILES string of the molecule is COc1cccc2[nH]c(C(=O)N3C[C@@H]4CCC[C@@H]4[C@H]3C(=O)N3C[C@]4(C[C@H]3C#N)C(=O)Nc3ccccc34)cc12. The molecule has 198 valence electrons. The molecule has 2 saturated heterocycles. The fourth-order valence-corrected chi connectivity index (χ4v) is 7.56. The lowest BCUT2D eigenvalue weighted by Crippen LogP contribution is -2.52. The lowest BCUT2D eigenvalue weighted by molar-refractivity contribution is -0.136. The van der Waals surface area contributed by atoms with Crippen molar-refractivity contribution in [1.82, 2.24) is 14.8 Å². The summed E-state index contributed by atoms with van der Waals surface area (Å²) in [7, 11) is 1.59. The number of nitrogens with zero attached hydrogens (tertiary/aromatic N) is 3. The molecule has 0 unspecified atom stereocenters. The number of hydrogen-bond acceptors (Lipinski definition) is 5. The molecule has 5 atom stereocenters. The molecule has 0 bridgehead atoms. The average Bonchev–Trinajstić information content (AvgIpc) is 3.75. The van der Waals surface area contributed by atoms with Crippen LogP contribution in [0.15, 0.2) is 48.5 Å². The Kier molecular flexibility index (Phi) is 5.24. The fourth-order valence-electron chi connectivity index (χ4n) is 7.56. The van der Waals surface area contributed by atoms with Crippen molar-refractivity contribution in [3.8, 4) is 11.8 Å². The van der Waals surface area contributed by atoms with Crippen molar-refractivity contribution in [2.45, 2.75) is 43.2 Å². The molecule has 1 saturated carbocycles. The first-order valence-corrected chi connectivity index (χ1v) is 13.5. The fraction of sp³-hybridized carbons (Fsp3) is 0.400. The maximum Gasteiger partial charge on any atom is 0.271 e. The normalized spacial score (nSPS) is 29.0. The standard InChI is InChI=1S/C30H29N5O4/c1-39-25-11-5-10-22-20(25)12-24(32-22)27(36)34-15-17-6-4-7-19(17)26(34)28(37)35-16-30(13-18(35)14-31)21-8-2-3-9-23(21)33-29(30)38/h2-3,5,8-12,17-19,26,32H,4,6-7,13,15-16H2,1H3,(H,33,38)/t17-,18-,19-,26-,30-/m0/s1. The zero-order chi connectivity index (χ0) is 26.9. The van der Waals surface area contributed by atoms with Gasteiger partial charge in [-0.3, -0.25) is 14.4 Å². The van der Waals surface area contributed by atoms with Crippen molar-refractivity contribution < 1.29 is 19.1 Å². The van der Waals surface area contributed by atoms with Crippen LogP contribution >= 0.6 is 0 Å². The summed E-state index contributed by atoms with van der Waals surface area (Å²) in [5.41, 5.74) is 1.80. The lowest BCUT2D eigenvalue weighted by Gasteiger charge is -2.32. The summed E-state index contributed by atoms with van der Waals surface area (Å²) < 4.78 is 5.47. The number of hydrogen-bond donors (Lipinski definition) is 2. The first-order chi connectivity index (χ1) is 18.9. The summed E-state index contributed by atoms with van der Waals surface area (Å²) in [4.78, 5) is 48.0.